The third kappa shape index (κ3) is 2.55. The number of halogens is 2. The van der Waals surface area contributed by atoms with Crippen molar-refractivity contribution in [2.24, 2.45) is 0 Å². The van der Waals surface area contributed by atoms with Crippen LogP contribution in [-0.2, 0) is 4.52 Å². The van der Waals surface area contributed by atoms with E-state index in [1.807, 2.05) is 0 Å². The molecule has 0 spiro atoms. The zero-order chi connectivity index (χ0) is 10.1. The summed E-state index contributed by atoms with van der Waals surface area (Å²) >= 11 is 10.7. The fraction of sp³-hybridized carbons (Fsp3) is 0.143. The Labute approximate surface area is 83.9 Å². The molecule has 0 aliphatic heterocycles. The first-order chi connectivity index (χ1) is 5.91. The molecule has 1 N–H and O–H groups in total. The highest BCUT2D eigenvalue weighted by molar-refractivity contribution is 6.46. The van der Waals surface area contributed by atoms with Crippen LogP contribution in [0.5, 0.6) is 0 Å². The van der Waals surface area contributed by atoms with Crippen LogP contribution in [0.25, 0.3) is 0 Å². The average molecular weight is 222 g/mol. The van der Waals surface area contributed by atoms with Crippen molar-refractivity contribution in [3.8, 4) is 0 Å². The van der Waals surface area contributed by atoms with Gasteiger partial charge in [-0.05, 0) is 12.1 Å². The summed E-state index contributed by atoms with van der Waals surface area (Å²) in [6.45, 7) is 0. The molecule has 0 bridgehead atoms. The fourth-order valence-electron chi connectivity index (χ4n) is 0.784. The van der Waals surface area contributed by atoms with E-state index in [2.05, 4.69) is 0 Å². The van der Waals surface area contributed by atoms with Gasteiger partial charge in [0.2, 0.25) is 4.52 Å². The molecule has 13 heavy (non-hydrogen) atoms. The SMILES string of the molecule is O=[N+]([O-])c1ccc(C(O)(Cl)Cl)cc1. The minimum absolute atomic E-state index is 0.0821. The number of benzene rings is 1. The molecule has 4 nitrogen and oxygen atoms in total. The highest BCUT2D eigenvalue weighted by atomic mass is 35.5. The van der Waals surface area contributed by atoms with Gasteiger partial charge in [-0.25, -0.2) is 0 Å². The second-order valence-corrected chi connectivity index (χ2v) is 3.63. The van der Waals surface area contributed by atoms with Crippen LogP contribution in [0.1, 0.15) is 5.56 Å². The molecular weight excluding hydrogens is 217 g/mol. The van der Waals surface area contributed by atoms with Crippen LogP contribution in [0.2, 0.25) is 0 Å². The molecule has 6 heteroatoms. The maximum absolute atomic E-state index is 10.2. The quantitative estimate of drug-likeness (QED) is 0.473. The average Bonchev–Trinajstić information content (AvgIpc) is 2.03. The zero-order valence-electron chi connectivity index (χ0n) is 6.28. The molecule has 70 valence electrons. The summed E-state index contributed by atoms with van der Waals surface area (Å²) in [7, 11) is 0. The number of hydrogen-bond donors (Lipinski definition) is 1. The smallest absolute Gasteiger partial charge is 0.269 e. The first-order valence-corrected chi connectivity index (χ1v) is 4.02. The van der Waals surface area contributed by atoms with Crippen LogP contribution < -0.4 is 0 Å². The summed E-state index contributed by atoms with van der Waals surface area (Å²) in [4.78, 5) is 9.69. The second-order valence-electron chi connectivity index (χ2n) is 2.35. The van der Waals surface area contributed by atoms with Gasteiger partial charge in [-0.1, -0.05) is 23.2 Å². The lowest BCUT2D eigenvalue weighted by Gasteiger charge is -2.10. The molecule has 1 aromatic carbocycles. The summed E-state index contributed by atoms with van der Waals surface area (Å²) in [5.74, 6) is 0. The van der Waals surface area contributed by atoms with Gasteiger partial charge in [0.05, 0.1) is 4.92 Å². The Morgan fingerprint density at radius 3 is 2.08 bits per heavy atom. The summed E-state index contributed by atoms with van der Waals surface area (Å²) in [5, 5.41) is 19.3. The van der Waals surface area contributed by atoms with Crippen molar-refractivity contribution in [3.63, 3.8) is 0 Å². The monoisotopic (exact) mass is 221 g/mol. The Hall–Kier alpha value is -0.840. The fourth-order valence-corrected chi connectivity index (χ4v) is 1.04. The molecule has 0 aromatic heterocycles. The molecule has 0 saturated carbocycles. The standard InChI is InChI=1S/C7H5Cl2NO3/c8-7(9,11)5-1-3-6(4-2-5)10(12)13/h1-4,11H. The number of nitro benzene ring substituents is 1. The van der Waals surface area contributed by atoms with Gasteiger partial charge < -0.3 is 5.11 Å². The van der Waals surface area contributed by atoms with Gasteiger partial charge in [-0.15, -0.1) is 0 Å². The van der Waals surface area contributed by atoms with Crippen LogP contribution in [0, 0.1) is 10.1 Å². The molecule has 0 atom stereocenters. The van der Waals surface area contributed by atoms with Crippen molar-refractivity contribution < 1.29 is 10.0 Å². The lowest BCUT2D eigenvalue weighted by atomic mass is 10.2. The lowest BCUT2D eigenvalue weighted by Crippen LogP contribution is -2.07. The van der Waals surface area contributed by atoms with Crippen molar-refractivity contribution in [1.29, 1.82) is 0 Å². The highest BCUT2D eigenvalue weighted by Gasteiger charge is 2.22. The highest BCUT2D eigenvalue weighted by Crippen LogP contribution is 2.30. The van der Waals surface area contributed by atoms with Crippen molar-refractivity contribution >= 4 is 28.9 Å². The van der Waals surface area contributed by atoms with Gasteiger partial charge in [0.15, 0.2) is 0 Å². The number of nitro groups is 1. The van der Waals surface area contributed by atoms with Crippen LogP contribution in [0.15, 0.2) is 24.3 Å². The zero-order valence-corrected chi connectivity index (χ0v) is 7.79. The van der Waals surface area contributed by atoms with Crippen molar-refractivity contribution in [1.82, 2.24) is 0 Å². The first-order valence-electron chi connectivity index (χ1n) is 3.26. The Bertz CT molecular complexity index is 318. The third-order valence-corrected chi connectivity index (χ3v) is 1.86. The number of non-ortho nitro benzene ring substituents is 1. The molecule has 0 unspecified atom stereocenters. The predicted molar refractivity (Wildman–Crippen MR) is 48.7 cm³/mol. The van der Waals surface area contributed by atoms with Crippen molar-refractivity contribution in [2.75, 3.05) is 0 Å². The normalized spacial score (nSPS) is 11.3. The number of hydrogen-bond acceptors (Lipinski definition) is 3. The van der Waals surface area contributed by atoms with Crippen LogP contribution >= 0.6 is 23.2 Å². The van der Waals surface area contributed by atoms with E-state index in [9.17, 15) is 10.1 Å². The molecule has 0 heterocycles. The molecule has 1 aromatic rings. The van der Waals surface area contributed by atoms with E-state index in [4.69, 9.17) is 28.3 Å². The Morgan fingerprint density at radius 2 is 1.77 bits per heavy atom. The minimum atomic E-state index is -2.00. The van der Waals surface area contributed by atoms with E-state index in [-0.39, 0.29) is 11.3 Å². The van der Waals surface area contributed by atoms with Gasteiger partial charge in [0.1, 0.15) is 0 Å². The molecule has 1 rings (SSSR count). The van der Waals surface area contributed by atoms with E-state index >= 15 is 0 Å². The number of aliphatic hydroxyl groups is 1. The molecule has 0 amide bonds. The maximum Gasteiger partial charge on any atom is 0.269 e. The molecule has 0 aliphatic rings. The van der Waals surface area contributed by atoms with Gasteiger partial charge in [0, 0.05) is 17.7 Å². The van der Waals surface area contributed by atoms with Crippen LogP contribution in [0.3, 0.4) is 0 Å². The second kappa shape index (κ2) is 3.49. The van der Waals surface area contributed by atoms with Crippen LogP contribution in [0.4, 0.5) is 5.69 Å². The van der Waals surface area contributed by atoms with E-state index in [1.165, 1.54) is 24.3 Å². The Balaban J connectivity index is 3.01. The number of nitrogens with zero attached hydrogens (tertiary/aromatic N) is 1. The molecule has 0 fully saturated rings. The first kappa shape index (κ1) is 10.2. The largest absolute Gasteiger partial charge is 0.359 e. The Kier molecular flexibility index (Phi) is 2.75. The summed E-state index contributed by atoms with van der Waals surface area (Å²) < 4.78 is -2.00. The lowest BCUT2D eigenvalue weighted by molar-refractivity contribution is -0.384. The maximum atomic E-state index is 10.2. The van der Waals surface area contributed by atoms with Gasteiger partial charge in [-0.3, -0.25) is 10.1 Å². The summed E-state index contributed by atoms with van der Waals surface area (Å²) in [6.07, 6.45) is 0. The topological polar surface area (TPSA) is 63.4 Å². The van der Waals surface area contributed by atoms with Crippen molar-refractivity contribution in [3.05, 3.63) is 39.9 Å². The van der Waals surface area contributed by atoms with E-state index in [0.29, 0.717) is 0 Å². The van der Waals surface area contributed by atoms with E-state index in [1.54, 1.807) is 0 Å². The van der Waals surface area contributed by atoms with Gasteiger partial charge in [0.25, 0.3) is 5.69 Å². The van der Waals surface area contributed by atoms with Crippen molar-refractivity contribution in [2.45, 2.75) is 4.52 Å². The van der Waals surface area contributed by atoms with E-state index in [0.717, 1.165) is 0 Å². The third-order valence-electron chi connectivity index (χ3n) is 1.43. The van der Waals surface area contributed by atoms with Crippen LogP contribution in [-0.4, -0.2) is 10.0 Å². The summed E-state index contributed by atoms with van der Waals surface area (Å²) in [6, 6.07) is 5.01. The van der Waals surface area contributed by atoms with E-state index < -0.39 is 9.44 Å². The predicted octanol–water partition coefficient (Wildman–Crippen LogP) is 2.17. The molecule has 0 saturated heterocycles. The molecule has 0 radical (unpaired) electrons. The minimum Gasteiger partial charge on any atom is -0.359 e. The molecule has 0 aliphatic carbocycles. The summed E-state index contributed by atoms with van der Waals surface area (Å²) in [5.41, 5.74) is 0.114. The van der Waals surface area contributed by atoms with Gasteiger partial charge >= 0.3 is 0 Å². The Morgan fingerprint density at radius 1 is 1.31 bits per heavy atom. The number of alkyl halides is 2. The number of rotatable bonds is 2. The van der Waals surface area contributed by atoms with Gasteiger partial charge in [-0.2, -0.15) is 0 Å². The molecular formula is C7H5Cl2NO3.